The number of amides is 1. The van der Waals surface area contributed by atoms with E-state index in [1.807, 2.05) is 61.5 Å². The number of rotatable bonds is 7. The molecule has 0 radical (unpaired) electrons. The number of para-hydroxylation sites is 2. The third kappa shape index (κ3) is 4.93. The van der Waals surface area contributed by atoms with Gasteiger partial charge in [-0.15, -0.1) is 0 Å². The maximum Gasteiger partial charge on any atom is 0.243 e. The Morgan fingerprint density at radius 2 is 1.76 bits per heavy atom. The van der Waals surface area contributed by atoms with Gasteiger partial charge in [0.1, 0.15) is 0 Å². The maximum absolute atomic E-state index is 12.0. The number of carbonyl (C=O) groups excluding carboxylic acids is 1. The van der Waals surface area contributed by atoms with E-state index in [4.69, 9.17) is 4.74 Å². The fraction of sp³-hybridized carbons (Fsp3) is 0.235. The van der Waals surface area contributed by atoms with Crippen molar-refractivity contribution in [3.63, 3.8) is 0 Å². The molecule has 0 unspecified atom stereocenters. The molecule has 0 atom stereocenters. The smallest absolute Gasteiger partial charge is 0.243 e. The van der Waals surface area contributed by atoms with Crippen LogP contribution in [0, 0.1) is 0 Å². The summed E-state index contributed by atoms with van der Waals surface area (Å²) in [6, 6.07) is 17.3. The number of hydrogen-bond donors (Lipinski definition) is 2. The van der Waals surface area contributed by atoms with Crippen molar-refractivity contribution in [1.82, 2.24) is 0 Å². The van der Waals surface area contributed by atoms with Gasteiger partial charge in [-0.05, 0) is 25.1 Å². The molecule has 4 heteroatoms. The van der Waals surface area contributed by atoms with Gasteiger partial charge >= 0.3 is 0 Å². The second-order valence-corrected chi connectivity index (χ2v) is 4.56. The van der Waals surface area contributed by atoms with Crippen LogP contribution in [-0.2, 0) is 16.1 Å². The van der Waals surface area contributed by atoms with Crippen molar-refractivity contribution < 1.29 is 9.53 Å². The average Bonchev–Trinajstić information content (AvgIpc) is 2.53. The molecule has 21 heavy (non-hydrogen) atoms. The fourth-order valence-corrected chi connectivity index (χ4v) is 1.91. The SMILES string of the molecule is CCOCc1ccccc1NC(=O)CNc1ccccc1. The van der Waals surface area contributed by atoms with Crippen molar-refractivity contribution in [2.75, 3.05) is 23.8 Å². The van der Waals surface area contributed by atoms with Crippen molar-refractivity contribution in [2.24, 2.45) is 0 Å². The van der Waals surface area contributed by atoms with Crippen LogP contribution in [0.4, 0.5) is 11.4 Å². The van der Waals surface area contributed by atoms with E-state index in [0.29, 0.717) is 13.2 Å². The molecular weight excluding hydrogens is 264 g/mol. The number of anilines is 2. The summed E-state index contributed by atoms with van der Waals surface area (Å²) < 4.78 is 5.40. The standard InChI is InChI=1S/C17H20N2O2/c1-2-21-13-14-8-6-7-11-16(14)19-17(20)12-18-15-9-4-3-5-10-15/h3-11,18H,2,12-13H2,1H3,(H,19,20). The van der Waals surface area contributed by atoms with Crippen molar-refractivity contribution in [3.8, 4) is 0 Å². The van der Waals surface area contributed by atoms with Crippen LogP contribution < -0.4 is 10.6 Å². The monoisotopic (exact) mass is 284 g/mol. The molecule has 2 N–H and O–H groups in total. The molecule has 0 aliphatic rings. The summed E-state index contributed by atoms with van der Waals surface area (Å²) in [4.78, 5) is 12.0. The van der Waals surface area contributed by atoms with Gasteiger partial charge in [0.15, 0.2) is 0 Å². The molecular formula is C17H20N2O2. The van der Waals surface area contributed by atoms with Crippen LogP contribution in [0.3, 0.4) is 0 Å². The zero-order chi connectivity index (χ0) is 14.9. The zero-order valence-corrected chi connectivity index (χ0v) is 12.1. The minimum atomic E-state index is -0.0807. The van der Waals surface area contributed by atoms with E-state index < -0.39 is 0 Å². The van der Waals surface area contributed by atoms with E-state index in [1.54, 1.807) is 0 Å². The molecule has 0 spiro atoms. The molecule has 0 heterocycles. The zero-order valence-electron chi connectivity index (χ0n) is 12.1. The summed E-state index contributed by atoms with van der Waals surface area (Å²) in [5.74, 6) is -0.0807. The van der Waals surface area contributed by atoms with Crippen molar-refractivity contribution >= 4 is 17.3 Å². The fourth-order valence-electron chi connectivity index (χ4n) is 1.91. The number of carbonyl (C=O) groups is 1. The Bertz CT molecular complexity index is 570. The minimum Gasteiger partial charge on any atom is -0.377 e. The van der Waals surface area contributed by atoms with Gasteiger partial charge in [-0.3, -0.25) is 4.79 Å². The number of ether oxygens (including phenoxy) is 1. The molecule has 0 aliphatic carbocycles. The van der Waals surface area contributed by atoms with E-state index in [-0.39, 0.29) is 12.5 Å². The first kappa shape index (κ1) is 15.1. The van der Waals surface area contributed by atoms with Crippen LogP contribution in [0.5, 0.6) is 0 Å². The second kappa shape index (κ2) is 8.07. The Kier molecular flexibility index (Phi) is 5.79. The summed E-state index contributed by atoms with van der Waals surface area (Å²) in [6.45, 7) is 3.33. The highest BCUT2D eigenvalue weighted by atomic mass is 16.5. The summed E-state index contributed by atoms with van der Waals surface area (Å²) in [6.07, 6.45) is 0. The summed E-state index contributed by atoms with van der Waals surface area (Å²) >= 11 is 0. The van der Waals surface area contributed by atoms with Gasteiger partial charge in [-0.2, -0.15) is 0 Å². The molecule has 1 amide bonds. The third-order valence-electron chi connectivity index (χ3n) is 2.98. The lowest BCUT2D eigenvalue weighted by Gasteiger charge is -2.12. The molecule has 2 aromatic carbocycles. The lowest BCUT2D eigenvalue weighted by atomic mass is 10.2. The highest BCUT2D eigenvalue weighted by molar-refractivity contribution is 5.94. The van der Waals surface area contributed by atoms with Gasteiger partial charge in [0, 0.05) is 23.5 Å². The van der Waals surface area contributed by atoms with Crippen LogP contribution in [0.25, 0.3) is 0 Å². The summed E-state index contributed by atoms with van der Waals surface area (Å²) in [5, 5.41) is 5.99. The summed E-state index contributed by atoms with van der Waals surface area (Å²) in [5.41, 5.74) is 2.70. The normalized spacial score (nSPS) is 10.1. The molecule has 2 rings (SSSR count). The van der Waals surface area contributed by atoms with Gasteiger partial charge in [0.2, 0.25) is 5.91 Å². The molecule has 4 nitrogen and oxygen atoms in total. The van der Waals surface area contributed by atoms with Crippen LogP contribution >= 0.6 is 0 Å². The lowest BCUT2D eigenvalue weighted by molar-refractivity contribution is -0.114. The Morgan fingerprint density at radius 3 is 2.52 bits per heavy atom. The molecule has 110 valence electrons. The van der Waals surface area contributed by atoms with Crippen molar-refractivity contribution in [3.05, 3.63) is 60.2 Å². The van der Waals surface area contributed by atoms with Gasteiger partial charge in [-0.1, -0.05) is 36.4 Å². The van der Waals surface area contributed by atoms with Gasteiger partial charge < -0.3 is 15.4 Å². The predicted octanol–water partition coefficient (Wildman–Crippen LogP) is 3.27. The lowest BCUT2D eigenvalue weighted by Crippen LogP contribution is -2.22. The first-order valence-corrected chi connectivity index (χ1v) is 7.04. The van der Waals surface area contributed by atoms with Gasteiger partial charge in [-0.25, -0.2) is 0 Å². The van der Waals surface area contributed by atoms with E-state index in [2.05, 4.69) is 10.6 Å². The molecule has 0 aromatic heterocycles. The second-order valence-electron chi connectivity index (χ2n) is 4.56. The third-order valence-corrected chi connectivity index (χ3v) is 2.98. The first-order valence-electron chi connectivity index (χ1n) is 7.04. The van der Waals surface area contributed by atoms with Crippen molar-refractivity contribution in [2.45, 2.75) is 13.5 Å². The van der Waals surface area contributed by atoms with Gasteiger partial charge in [0.05, 0.1) is 13.2 Å². The Hall–Kier alpha value is -2.33. The topological polar surface area (TPSA) is 50.4 Å². The van der Waals surface area contributed by atoms with Crippen molar-refractivity contribution in [1.29, 1.82) is 0 Å². The highest BCUT2D eigenvalue weighted by Gasteiger charge is 2.06. The van der Waals surface area contributed by atoms with E-state index >= 15 is 0 Å². The van der Waals surface area contributed by atoms with Crippen LogP contribution in [-0.4, -0.2) is 19.1 Å². The predicted molar refractivity (Wildman–Crippen MR) is 85.3 cm³/mol. The molecule has 0 saturated carbocycles. The summed E-state index contributed by atoms with van der Waals surface area (Å²) in [7, 11) is 0. The van der Waals surface area contributed by atoms with E-state index in [9.17, 15) is 4.79 Å². The highest BCUT2D eigenvalue weighted by Crippen LogP contribution is 2.16. The van der Waals surface area contributed by atoms with Gasteiger partial charge in [0.25, 0.3) is 0 Å². The van der Waals surface area contributed by atoms with Crippen LogP contribution in [0.1, 0.15) is 12.5 Å². The van der Waals surface area contributed by atoms with Crippen LogP contribution in [0.15, 0.2) is 54.6 Å². The maximum atomic E-state index is 12.0. The Balaban J connectivity index is 1.90. The quantitative estimate of drug-likeness (QED) is 0.820. The molecule has 0 aliphatic heterocycles. The minimum absolute atomic E-state index is 0.0807. The molecule has 0 bridgehead atoms. The number of hydrogen-bond acceptors (Lipinski definition) is 3. The average molecular weight is 284 g/mol. The molecule has 0 saturated heterocycles. The molecule has 2 aromatic rings. The van der Waals surface area contributed by atoms with Crippen LogP contribution in [0.2, 0.25) is 0 Å². The van der Waals surface area contributed by atoms with E-state index in [1.165, 1.54) is 0 Å². The Labute approximate surface area is 125 Å². The number of benzene rings is 2. The number of nitrogens with one attached hydrogen (secondary N) is 2. The first-order chi connectivity index (χ1) is 10.3. The molecule has 0 fully saturated rings. The van der Waals surface area contributed by atoms with E-state index in [0.717, 1.165) is 16.9 Å². The largest absolute Gasteiger partial charge is 0.377 e. The Morgan fingerprint density at radius 1 is 1.05 bits per heavy atom.